The zero-order valence-corrected chi connectivity index (χ0v) is 11.9. The molecule has 2 N–H and O–H groups in total. The Morgan fingerprint density at radius 2 is 2.30 bits per heavy atom. The maximum absolute atomic E-state index is 5.62. The summed E-state index contributed by atoms with van der Waals surface area (Å²) in [4.78, 5) is 2.51. The molecule has 0 aliphatic carbocycles. The van der Waals surface area contributed by atoms with Crippen molar-refractivity contribution in [1.82, 2.24) is 20.4 Å². The van der Waals surface area contributed by atoms with Crippen LogP contribution in [0.3, 0.4) is 0 Å². The highest BCUT2D eigenvalue weighted by atomic mass is 16.3. The van der Waals surface area contributed by atoms with Crippen molar-refractivity contribution in [1.29, 1.82) is 0 Å². The third-order valence-electron chi connectivity index (χ3n) is 4.04. The second kappa shape index (κ2) is 6.24. The molecule has 0 aromatic carbocycles. The Labute approximate surface area is 119 Å². The Morgan fingerprint density at radius 1 is 1.45 bits per heavy atom. The van der Waals surface area contributed by atoms with Crippen molar-refractivity contribution >= 4 is 0 Å². The second-order valence-electron chi connectivity index (χ2n) is 5.43. The molecule has 1 saturated heterocycles. The molecule has 1 aliphatic heterocycles. The summed E-state index contributed by atoms with van der Waals surface area (Å²) in [6.45, 7) is 6.12. The van der Waals surface area contributed by atoms with Crippen LogP contribution >= 0.6 is 0 Å². The Hall–Kier alpha value is -1.59. The Morgan fingerprint density at radius 3 is 2.95 bits per heavy atom. The lowest BCUT2D eigenvalue weighted by Crippen LogP contribution is -2.33. The van der Waals surface area contributed by atoms with Gasteiger partial charge in [0, 0.05) is 24.3 Å². The molecule has 0 amide bonds. The summed E-state index contributed by atoms with van der Waals surface area (Å²) in [5.74, 6) is 1.06. The van der Waals surface area contributed by atoms with Gasteiger partial charge in [0.15, 0.2) is 0 Å². The van der Waals surface area contributed by atoms with E-state index >= 15 is 0 Å². The number of hydrogen-bond donors (Lipinski definition) is 2. The van der Waals surface area contributed by atoms with Gasteiger partial charge in [0.2, 0.25) is 0 Å². The first-order chi connectivity index (χ1) is 9.84. The molecule has 1 fully saturated rings. The first-order valence-electron chi connectivity index (χ1n) is 7.31. The van der Waals surface area contributed by atoms with Crippen LogP contribution in [0.25, 0.3) is 0 Å². The highest BCUT2D eigenvalue weighted by Gasteiger charge is 2.25. The Balaban J connectivity index is 1.60. The van der Waals surface area contributed by atoms with Crippen molar-refractivity contribution < 1.29 is 4.42 Å². The lowest BCUT2D eigenvalue weighted by molar-refractivity contribution is 0.209. The van der Waals surface area contributed by atoms with Crippen LogP contribution < -0.4 is 5.32 Å². The van der Waals surface area contributed by atoms with E-state index in [9.17, 15) is 0 Å². The largest absolute Gasteiger partial charge is 0.468 e. The average molecular weight is 274 g/mol. The fourth-order valence-electron chi connectivity index (χ4n) is 2.84. The van der Waals surface area contributed by atoms with Crippen molar-refractivity contribution in [3.63, 3.8) is 0 Å². The molecule has 0 bridgehead atoms. The molecule has 0 spiro atoms. The van der Waals surface area contributed by atoms with Crippen LogP contribution in [0.1, 0.15) is 35.9 Å². The number of aromatic amines is 1. The predicted octanol–water partition coefficient (Wildman–Crippen LogP) is 2.24. The van der Waals surface area contributed by atoms with E-state index in [1.807, 2.05) is 12.3 Å². The van der Waals surface area contributed by atoms with E-state index in [0.29, 0.717) is 6.04 Å². The standard InChI is InChI=1S/C15H22N4O/c1-12-13(10-17-18-12)9-16-11-14(15-5-4-8-20-15)19-6-2-3-7-19/h4-5,8,10,14,16H,2-3,6-7,9,11H2,1H3,(H,17,18). The van der Waals surface area contributed by atoms with Crippen molar-refractivity contribution in [3.05, 3.63) is 41.6 Å². The molecule has 1 unspecified atom stereocenters. The second-order valence-corrected chi connectivity index (χ2v) is 5.43. The molecule has 0 radical (unpaired) electrons. The van der Waals surface area contributed by atoms with Crippen LogP contribution in [0.2, 0.25) is 0 Å². The fourth-order valence-corrected chi connectivity index (χ4v) is 2.84. The van der Waals surface area contributed by atoms with Gasteiger partial charge in [-0.2, -0.15) is 5.10 Å². The normalized spacial score (nSPS) is 17.6. The smallest absolute Gasteiger partial charge is 0.122 e. The minimum Gasteiger partial charge on any atom is -0.468 e. The number of nitrogens with zero attached hydrogens (tertiary/aromatic N) is 2. The van der Waals surface area contributed by atoms with Gasteiger partial charge in [0.1, 0.15) is 5.76 Å². The van der Waals surface area contributed by atoms with E-state index in [0.717, 1.165) is 37.6 Å². The molecule has 3 rings (SSSR count). The molecular formula is C15H22N4O. The molecule has 20 heavy (non-hydrogen) atoms. The molecule has 0 saturated carbocycles. The molecule has 2 aromatic rings. The van der Waals surface area contributed by atoms with Gasteiger partial charge in [0.25, 0.3) is 0 Å². The molecule has 5 nitrogen and oxygen atoms in total. The quantitative estimate of drug-likeness (QED) is 0.848. The predicted molar refractivity (Wildman–Crippen MR) is 77.3 cm³/mol. The Bertz CT molecular complexity index is 514. The van der Waals surface area contributed by atoms with Crippen molar-refractivity contribution in [2.75, 3.05) is 19.6 Å². The van der Waals surface area contributed by atoms with Crippen molar-refractivity contribution in [2.45, 2.75) is 32.4 Å². The number of aryl methyl sites for hydroxylation is 1. The van der Waals surface area contributed by atoms with Crippen LogP contribution in [-0.2, 0) is 6.54 Å². The van der Waals surface area contributed by atoms with E-state index in [2.05, 4.69) is 33.4 Å². The monoisotopic (exact) mass is 274 g/mol. The van der Waals surface area contributed by atoms with E-state index in [1.165, 1.54) is 18.4 Å². The van der Waals surface area contributed by atoms with Gasteiger partial charge in [-0.05, 0) is 45.0 Å². The van der Waals surface area contributed by atoms with Gasteiger partial charge in [-0.25, -0.2) is 0 Å². The van der Waals surface area contributed by atoms with Gasteiger partial charge in [-0.3, -0.25) is 10.00 Å². The number of nitrogens with one attached hydrogen (secondary N) is 2. The van der Waals surface area contributed by atoms with E-state index < -0.39 is 0 Å². The fraction of sp³-hybridized carbons (Fsp3) is 0.533. The number of furan rings is 1. The lowest BCUT2D eigenvalue weighted by atomic mass is 10.2. The number of hydrogen-bond acceptors (Lipinski definition) is 4. The van der Waals surface area contributed by atoms with Crippen LogP contribution in [-0.4, -0.2) is 34.7 Å². The molecule has 2 aromatic heterocycles. The van der Waals surface area contributed by atoms with Crippen molar-refractivity contribution in [2.24, 2.45) is 0 Å². The van der Waals surface area contributed by atoms with Crippen LogP contribution in [0, 0.1) is 6.92 Å². The molecular weight excluding hydrogens is 252 g/mol. The van der Waals surface area contributed by atoms with E-state index in [1.54, 1.807) is 6.26 Å². The highest BCUT2D eigenvalue weighted by molar-refractivity contribution is 5.14. The number of rotatable bonds is 6. The summed E-state index contributed by atoms with van der Waals surface area (Å²) in [7, 11) is 0. The van der Waals surface area contributed by atoms with Crippen molar-refractivity contribution in [3.8, 4) is 0 Å². The van der Waals surface area contributed by atoms with Gasteiger partial charge < -0.3 is 9.73 Å². The van der Waals surface area contributed by atoms with Crippen LogP contribution in [0.15, 0.2) is 29.0 Å². The Kier molecular flexibility index (Phi) is 4.18. The highest BCUT2D eigenvalue weighted by Crippen LogP contribution is 2.24. The lowest BCUT2D eigenvalue weighted by Gasteiger charge is -2.26. The molecule has 1 aliphatic rings. The average Bonchev–Trinajstić information content (AvgIpc) is 3.18. The summed E-state index contributed by atoms with van der Waals surface area (Å²) < 4.78 is 5.62. The zero-order valence-electron chi connectivity index (χ0n) is 11.9. The summed E-state index contributed by atoms with van der Waals surface area (Å²) in [5.41, 5.74) is 2.36. The SMILES string of the molecule is Cc1[nH]ncc1CNCC(c1ccco1)N1CCCC1. The maximum atomic E-state index is 5.62. The summed E-state index contributed by atoms with van der Waals surface area (Å²) in [5, 5.41) is 10.6. The van der Waals surface area contributed by atoms with Crippen LogP contribution in [0.4, 0.5) is 0 Å². The summed E-state index contributed by atoms with van der Waals surface area (Å²) >= 11 is 0. The maximum Gasteiger partial charge on any atom is 0.122 e. The number of aromatic nitrogens is 2. The molecule has 5 heteroatoms. The third kappa shape index (κ3) is 2.94. The zero-order chi connectivity index (χ0) is 13.8. The van der Waals surface area contributed by atoms with E-state index in [-0.39, 0.29) is 0 Å². The summed E-state index contributed by atoms with van der Waals surface area (Å²) in [6.07, 6.45) is 6.23. The van der Waals surface area contributed by atoms with Crippen LogP contribution in [0.5, 0.6) is 0 Å². The number of H-pyrrole nitrogens is 1. The topological polar surface area (TPSA) is 57.1 Å². The number of likely N-dealkylation sites (tertiary alicyclic amines) is 1. The summed E-state index contributed by atoms with van der Waals surface area (Å²) in [6, 6.07) is 4.38. The minimum atomic E-state index is 0.333. The van der Waals surface area contributed by atoms with E-state index in [4.69, 9.17) is 4.42 Å². The third-order valence-corrected chi connectivity index (χ3v) is 4.04. The molecule has 3 heterocycles. The molecule has 1 atom stereocenters. The minimum absolute atomic E-state index is 0.333. The van der Waals surface area contributed by atoms with Gasteiger partial charge >= 0.3 is 0 Å². The first-order valence-corrected chi connectivity index (χ1v) is 7.31. The molecule has 108 valence electrons. The van der Waals surface area contributed by atoms with Gasteiger partial charge in [-0.15, -0.1) is 0 Å². The first kappa shape index (κ1) is 13.4. The van der Waals surface area contributed by atoms with Gasteiger partial charge in [-0.1, -0.05) is 0 Å². The van der Waals surface area contributed by atoms with Gasteiger partial charge in [0.05, 0.1) is 18.5 Å².